The van der Waals surface area contributed by atoms with Gasteiger partial charge >= 0.3 is 0 Å². The molecule has 1 fully saturated rings. The number of benzene rings is 1. The number of halogens is 1. The number of aryl methyl sites for hydroxylation is 2. The zero-order chi connectivity index (χ0) is 25.0. The lowest BCUT2D eigenvalue weighted by molar-refractivity contribution is 0.0733. The molecular weight excluding hydrogens is 457 g/mol. The SMILES string of the molecule is Cc1cc(C(=O)N2CCc3c(c(-c4nncn4CC4CC4)nn3C)C2)c(C)n1Cc1ccc(F)cc1. The standard InChI is InChI=1S/C27H30FN7O/c1-17-12-22(18(2)35(17)14-20-6-8-21(28)9-7-20)27(36)33-11-10-24-23(15-33)25(31-32(24)3)26-30-29-16-34(26)13-19-4-5-19/h6-9,12,16,19H,4-5,10-11,13-15H2,1-3H3. The molecule has 1 amide bonds. The minimum atomic E-state index is -0.249. The Bertz CT molecular complexity index is 1440. The summed E-state index contributed by atoms with van der Waals surface area (Å²) in [4.78, 5) is 15.6. The average Bonchev–Trinajstić information content (AvgIpc) is 3.37. The Hall–Kier alpha value is -3.75. The minimum absolute atomic E-state index is 0.0216. The Labute approximate surface area is 209 Å². The molecule has 6 rings (SSSR count). The molecule has 4 aromatic rings. The van der Waals surface area contributed by atoms with Crippen LogP contribution < -0.4 is 0 Å². The third kappa shape index (κ3) is 4.02. The van der Waals surface area contributed by atoms with Crippen molar-refractivity contribution in [2.75, 3.05) is 6.54 Å². The van der Waals surface area contributed by atoms with Gasteiger partial charge in [0.05, 0.1) is 12.1 Å². The van der Waals surface area contributed by atoms with E-state index in [9.17, 15) is 9.18 Å². The van der Waals surface area contributed by atoms with Crippen molar-refractivity contribution in [3.63, 3.8) is 0 Å². The van der Waals surface area contributed by atoms with Crippen molar-refractivity contribution in [3.05, 3.63) is 76.2 Å². The quantitative estimate of drug-likeness (QED) is 0.414. The molecule has 1 aliphatic heterocycles. The summed E-state index contributed by atoms with van der Waals surface area (Å²) >= 11 is 0. The fourth-order valence-electron chi connectivity index (χ4n) is 5.30. The molecule has 0 unspecified atom stereocenters. The second-order valence-corrected chi connectivity index (χ2v) is 10.1. The Morgan fingerprint density at radius 3 is 2.69 bits per heavy atom. The van der Waals surface area contributed by atoms with Crippen LogP contribution >= 0.6 is 0 Å². The summed E-state index contributed by atoms with van der Waals surface area (Å²) in [5.41, 5.74) is 6.66. The zero-order valence-electron chi connectivity index (χ0n) is 20.9. The number of carbonyl (C=O) groups is 1. The van der Waals surface area contributed by atoms with Crippen LogP contribution in [0.15, 0.2) is 36.7 Å². The second kappa shape index (κ2) is 8.72. The van der Waals surface area contributed by atoms with Crippen molar-refractivity contribution in [2.24, 2.45) is 13.0 Å². The van der Waals surface area contributed by atoms with Crippen molar-refractivity contribution >= 4 is 5.91 Å². The van der Waals surface area contributed by atoms with Crippen molar-refractivity contribution in [2.45, 2.75) is 52.7 Å². The van der Waals surface area contributed by atoms with Crippen molar-refractivity contribution < 1.29 is 9.18 Å². The van der Waals surface area contributed by atoms with Gasteiger partial charge in [-0.15, -0.1) is 10.2 Å². The Balaban J connectivity index is 1.27. The molecule has 0 atom stereocenters. The minimum Gasteiger partial charge on any atom is -0.344 e. The van der Waals surface area contributed by atoms with E-state index >= 15 is 0 Å². The second-order valence-electron chi connectivity index (χ2n) is 10.1. The van der Waals surface area contributed by atoms with Gasteiger partial charge in [-0.05, 0) is 56.4 Å². The number of hydrogen-bond acceptors (Lipinski definition) is 4. The maximum atomic E-state index is 13.7. The van der Waals surface area contributed by atoms with Crippen LogP contribution in [0.4, 0.5) is 4.39 Å². The third-order valence-corrected chi connectivity index (χ3v) is 7.57. The van der Waals surface area contributed by atoms with Gasteiger partial charge in [-0.3, -0.25) is 9.48 Å². The van der Waals surface area contributed by atoms with Crippen LogP contribution in [0.2, 0.25) is 0 Å². The number of nitrogens with zero attached hydrogens (tertiary/aromatic N) is 7. The lowest BCUT2D eigenvalue weighted by atomic mass is 10.0. The van der Waals surface area contributed by atoms with Gasteiger partial charge in [0.15, 0.2) is 5.82 Å². The lowest BCUT2D eigenvalue weighted by Crippen LogP contribution is -2.36. The summed E-state index contributed by atoms with van der Waals surface area (Å²) in [6.45, 7) is 6.63. The van der Waals surface area contributed by atoms with Gasteiger partial charge in [-0.1, -0.05) is 12.1 Å². The smallest absolute Gasteiger partial charge is 0.255 e. The normalized spacial score (nSPS) is 15.4. The molecule has 0 N–H and O–H groups in total. The highest BCUT2D eigenvalue weighted by Crippen LogP contribution is 2.34. The molecule has 0 spiro atoms. The van der Waals surface area contributed by atoms with E-state index in [0.717, 1.165) is 52.7 Å². The van der Waals surface area contributed by atoms with Crippen LogP contribution in [0.5, 0.6) is 0 Å². The fourth-order valence-corrected chi connectivity index (χ4v) is 5.30. The molecule has 0 bridgehead atoms. The molecular formula is C27H30FN7O. The first-order valence-corrected chi connectivity index (χ1v) is 12.5. The highest BCUT2D eigenvalue weighted by Gasteiger charge is 2.31. The number of fused-ring (bicyclic) bond motifs is 1. The van der Waals surface area contributed by atoms with Gasteiger partial charge in [0.25, 0.3) is 5.91 Å². The predicted molar refractivity (Wildman–Crippen MR) is 133 cm³/mol. The zero-order valence-corrected chi connectivity index (χ0v) is 20.9. The summed E-state index contributed by atoms with van der Waals surface area (Å²) in [6, 6.07) is 8.48. The van der Waals surface area contributed by atoms with Gasteiger partial charge in [-0.2, -0.15) is 5.10 Å². The summed E-state index contributed by atoms with van der Waals surface area (Å²) in [5.74, 6) is 1.25. The molecule has 1 saturated carbocycles. The van der Waals surface area contributed by atoms with E-state index in [-0.39, 0.29) is 11.7 Å². The van der Waals surface area contributed by atoms with E-state index < -0.39 is 0 Å². The highest BCUT2D eigenvalue weighted by atomic mass is 19.1. The van der Waals surface area contributed by atoms with E-state index in [1.807, 2.05) is 36.5 Å². The van der Waals surface area contributed by atoms with E-state index in [4.69, 9.17) is 5.10 Å². The Morgan fingerprint density at radius 1 is 1.17 bits per heavy atom. The van der Waals surface area contributed by atoms with Gasteiger partial charge in [0, 0.05) is 55.7 Å². The van der Waals surface area contributed by atoms with Crippen molar-refractivity contribution in [1.29, 1.82) is 0 Å². The first kappa shape index (κ1) is 22.7. The molecule has 4 heterocycles. The van der Waals surface area contributed by atoms with E-state index in [1.54, 1.807) is 18.5 Å². The Kier molecular flexibility index (Phi) is 5.50. The molecule has 8 nitrogen and oxygen atoms in total. The number of carbonyl (C=O) groups excluding carboxylic acids is 1. The summed E-state index contributed by atoms with van der Waals surface area (Å²) in [6.07, 6.45) is 5.03. The first-order chi connectivity index (χ1) is 17.4. The van der Waals surface area contributed by atoms with E-state index in [1.165, 1.54) is 25.0 Å². The van der Waals surface area contributed by atoms with Crippen molar-refractivity contribution in [3.8, 4) is 11.5 Å². The van der Waals surface area contributed by atoms with Crippen LogP contribution in [0.3, 0.4) is 0 Å². The summed E-state index contributed by atoms with van der Waals surface area (Å²) in [5, 5.41) is 13.4. The number of amides is 1. The van der Waals surface area contributed by atoms with Gasteiger partial charge < -0.3 is 14.0 Å². The maximum Gasteiger partial charge on any atom is 0.255 e. The molecule has 186 valence electrons. The summed E-state index contributed by atoms with van der Waals surface area (Å²) in [7, 11) is 1.96. The van der Waals surface area contributed by atoms with Crippen LogP contribution in [0.25, 0.3) is 11.5 Å². The molecule has 0 saturated heterocycles. The molecule has 2 aliphatic rings. The average molecular weight is 488 g/mol. The van der Waals surface area contributed by atoms with Crippen LogP contribution in [0.1, 0.15) is 51.4 Å². The van der Waals surface area contributed by atoms with Gasteiger partial charge in [0.2, 0.25) is 0 Å². The molecule has 36 heavy (non-hydrogen) atoms. The van der Waals surface area contributed by atoms with Gasteiger partial charge in [-0.25, -0.2) is 4.39 Å². The highest BCUT2D eigenvalue weighted by molar-refractivity contribution is 5.96. The van der Waals surface area contributed by atoms with E-state index in [2.05, 4.69) is 19.3 Å². The molecule has 9 heteroatoms. The fraction of sp³-hybridized carbons (Fsp3) is 0.407. The number of rotatable bonds is 6. The molecule has 0 radical (unpaired) electrons. The molecule has 1 aromatic carbocycles. The van der Waals surface area contributed by atoms with Crippen LogP contribution in [-0.2, 0) is 33.1 Å². The summed E-state index contributed by atoms with van der Waals surface area (Å²) < 4.78 is 19.5. The van der Waals surface area contributed by atoms with Crippen molar-refractivity contribution in [1.82, 2.24) is 34.0 Å². The maximum absolute atomic E-state index is 13.7. The number of aromatic nitrogens is 6. The molecule has 3 aromatic heterocycles. The Morgan fingerprint density at radius 2 is 1.94 bits per heavy atom. The first-order valence-electron chi connectivity index (χ1n) is 12.5. The van der Waals surface area contributed by atoms with Crippen LogP contribution in [-0.4, -0.2) is 46.5 Å². The monoisotopic (exact) mass is 487 g/mol. The predicted octanol–water partition coefficient (Wildman–Crippen LogP) is 3.89. The topological polar surface area (TPSA) is 73.8 Å². The largest absolute Gasteiger partial charge is 0.344 e. The number of hydrogen-bond donors (Lipinski definition) is 0. The van der Waals surface area contributed by atoms with Crippen LogP contribution in [0, 0.1) is 25.6 Å². The van der Waals surface area contributed by atoms with Gasteiger partial charge in [0.1, 0.15) is 17.8 Å². The third-order valence-electron chi connectivity index (χ3n) is 7.57. The van der Waals surface area contributed by atoms with E-state index in [0.29, 0.717) is 31.1 Å². The lowest BCUT2D eigenvalue weighted by Gasteiger charge is -2.28. The molecule has 1 aliphatic carbocycles.